The topological polar surface area (TPSA) is 21.1 Å². The molecule has 0 amide bonds. The fourth-order valence-electron chi connectivity index (χ4n) is 8.02. The summed E-state index contributed by atoms with van der Waals surface area (Å²) in [6, 6.07) is 37.8. The first-order valence-corrected chi connectivity index (χ1v) is 16.8. The zero-order valence-corrected chi connectivity index (χ0v) is 26.9. The predicted molar refractivity (Wildman–Crippen MR) is 198 cm³/mol. The summed E-state index contributed by atoms with van der Waals surface area (Å²) in [5, 5.41) is 2.57. The van der Waals surface area contributed by atoms with Crippen LogP contribution in [-0.4, -0.2) is 9.55 Å². The maximum absolute atomic E-state index is 4.81. The van der Waals surface area contributed by atoms with Crippen LogP contribution in [0.1, 0.15) is 50.7 Å². The molecule has 2 aromatic heterocycles. The number of nitrogens with zero attached hydrogens (tertiary/aromatic N) is 3. The van der Waals surface area contributed by atoms with Gasteiger partial charge in [0, 0.05) is 39.5 Å². The third kappa shape index (κ3) is 4.45. The quantitative estimate of drug-likeness (QED) is 0.194. The largest absolute Gasteiger partial charge is 0.310 e. The van der Waals surface area contributed by atoms with Crippen LogP contribution in [0.15, 0.2) is 145 Å². The molecule has 0 fully saturated rings. The number of fused-ring (bicyclic) bond motifs is 5. The van der Waals surface area contributed by atoms with Crippen molar-refractivity contribution in [3.63, 3.8) is 0 Å². The maximum atomic E-state index is 4.81. The molecule has 3 aliphatic carbocycles. The van der Waals surface area contributed by atoms with Gasteiger partial charge in [0.25, 0.3) is 0 Å². The highest BCUT2D eigenvalue weighted by Gasteiger charge is 2.37. The summed E-state index contributed by atoms with van der Waals surface area (Å²) in [5.41, 5.74) is 14.2. The lowest BCUT2D eigenvalue weighted by molar-refractivity contribution is 0.651. The molecule has 47 heavy (non-hydrogen) atoms. The first-order valence-electron chi connectivity index (χ1n) is 16.8. The summed E-state index contributed by atoms with van der Waals surface area (Å²) >= 11 is 0. The highest BCUT2D eigenvalue weighted by atomic mass is 15.2. The van der Waals surface area contributed by atoms with Crippen molar-refractivity contribution < 1.29 is 0 Å². The van der Waals surface area contributed by atoms with Gasteiger partial charge in [0.1, 0.15) is 5.82 Å². The van der Waals surface area contributed by atoms with Crippen molar-refractivity contribution in [2.75, 3.05) is 4.90 Å². The van der Waals surface area contributed by atoms with Crippen molar-refractivity contribution in [3.05, 3.63) is 156 Å². The van der Waals surface area contributed by atoms with Crippen molar-refractivity contribution >= 4 is 50.3 Å². The zero-order chi connectivity index (χ0) is 31.5. The van der Waals surface area contributed by atoms with E-state index in [4.69, 9.17) is 4.98 Å². The number of rotatable bonds is 5. The average molecular weight is 608 g/mol. The van der Waals surface area contributed by atoms with Crippen LogP contribution in [0, 0.1) is 0 Å². The van der Waals surface area contributed by atoms with Crippen LogP contribution in [0.25, 0.3) is 44.2 Å². The Kier molecular flexibility index (Phi) is 6.43. The van der Waals surface area contributed by atoms with Gasteiger partial charge in [0.05, 0.1) is 11.0 Å². The second-order valence-corrected chi connectivity index (χ2v) is 13.5. The number of hydrogen-bond acceptors (Lipinski definition) is 2. The van der Waals surface area contributed by atoms with E-state index < -0.39 is 0 Å². The van der Waals surface area contributed by atoms with Crippen LogP contribution in [0.2, 0.25) is 0 Å². The molecule has 3 nitrogen and oxygen atoms in total. The Balaban J connectivity index is 1.12. The monoisotopic (exact) mass is 607 g/mol. The first-order chi connectivity index (χ1) is 23.1. The Morgan fingerprint density at radius 2 is 1.47 bits per heavy atom. The van der Waals surface area contributed by atoms with Crippen LogP contribution in [0.5, 0.6) is 0 Å². The lowest BCUT2D eigenvalue weighted by Crippen LogP contribution is -2.18. The lowest BCUT2D eigenvalue weighted by atomic mass is 9.80. The van der Waals surface area contributed by atoms with E-state index in [0.717, 1.165) is 42.9 Å². The lowest BCUT2D eigenvalue weighted by Gasteiger charge is -2.28. The molecule has 3 aliphatic rings. The van der Waals surface area contributed by atoms with Crippen molar-refractivity contribution in [2.45, 2.75) is 44.9 Å². The highest BCUT2D eigenvalue weighted by Crippen LogP contribution is 2.51. The summed E-state index contributed by atoms with van der Waals surface area (Å²) in [6.45, 7) is 4.73. The van der Waals surface area contributed by atoms with Gasteiger partial charge in [-0.1, -0.05) is 86.7 Å². The standard InChI is InChI=1S/C44H37N3/c1-44(2)39-16-8-6-14-35(39)36-25-24-34(29-40(36)44)46(43-18-10-11-27-45-43)33-22-19-30(20-23-33)31-21-26-42-38(28-31)37-15-7-9-17-41(37)47(42)32-12-4-3-5-13-32/h4,7-13,15-29H,3,5-6,14H2,1-2H3. The zero-order valence-electron chi connectivity index (χ0n) is 26.9. The van der Waals surface area contributed by atoms with Gasteiger partial charge in [-0.05, 0) is 120 Å². The molecule has 3 heteroatoms. The van der Waals surface area contributed by atoms with Gasteiger partial charge in [-0.2, -0.15) is 0 Å². The number of hydrogen-bond donors (Lipinski definition) is 0. The molecule has 2 heterocycles. The Bertz CT molecular complexity index is 2310. The van der Waals surface area contributed by atoms with Crippen LogP contribution < -0.4 is 4.90 Å². The van der Waals surface area contributed by atoms with E-state index in [1.807, 2.05) is 12.3 Å². The third-order valence-corrected chi connectivity index (χ3v) is 10.3. The number of aromatic nitrogens is 2. The van der Waals surface area contributed by atoms with Gasteiger partial charge < -0.3 is 4.57 Å². The minimum absolute atomic E-state index is 0.0250. The molecule has 0 radical (unpaired) electrons. The van der Waals surface area contributed by atoms with Crippen molar-refractivity contribution in [2.24, 2.45) is 0 Å². The molecule has 6 aromatic rings. The molecule has 0 bridgehead atoms. The van der Waals surface area contributed by atoms with Gasteiger partial charge >= 0.3 is 0 Å². The molecule has 0 saturated carbocycles. The Morgan fingerprint density at radius 3 is 2.30 bits per heavy atom. The number of anilines is 3. The molecule has 0 N–H and O–H groups in total. The van der Waals surface area contributed by atoms with E-state index >= 15 is 0 Å². The number of para-hydroxylation sites is 1. The average Bonchev–Trinajstić information content (AvgIpc) is 3.58. The Hall–Kier alpha value is -5.41. The van der Waals surface area contributed by atoms with Crippen molar-refractivity contribution in [1.82, 2.24) is 9.55 Å². The fourth-order valence-corrected chi connectivity index (χ4v) is 8.02. The number of benzene rings is 4. The van der Waals surface area contributed by atoms with E-state index in [0.29, 0.717) is 0 Å². The van der Waals surface area contributed by atoms with Crippen LogP contribution >= 0.6 is 0 Å². The summed E-state index contributed by atoms with van der Waals surface area (Å²) in [7, 11) is 0. The van der Waals surface area contributed by atoms with E-state index in [1.165, 1.54) is 60.9 Å². The summed E-state index contributed by atoms with van der Waals surface area (Å²) < 4.78 is 2.41. The second-order valence-electron chi connectivity index (χ2n) is 13.5. The molecule has 4 aromatic carbocycles. The molecule has 228 valence electrons. The van der Waals surface area contributed by atoms with Gasteiger partial charge in [-0.25, -0.2) is 4.98 Å². The Morgan fingerprint density at radius 1 is 0.681 bits per heavy atom. The molecule has 0 spiro atoms. The van der Waals surface area contributed by atoms with Crippen LogP contribution in [0.3, 0.4) is 0 Å². The summed E-state index contributed by atoms with van der Waals surface area (Å²) in [4.78, 5) is 7.10. The third-order valence-electron chi connectivity index (χ3n) is 10.3. The summed E-state index contributed by atoms with van der Waals surface area (Å²) in [5.74, 6) is 0.911. The van der Waals surface area contributed by atoms with Crippen LogP contribution in [-0.2, 0) is 5.41 Å². The van der Waals surface area contributed by atoms with Crippen LogP contribution in [0.4, 0.5) is 17.2 Å². The first kappa shape index (κ1) is 27.9. The van der Waals surface area contributed by atoms with Crippen molar-refractivity contribution in [1.29, 1.82) is 0 Å². The normalized spacial score (nSPS) is 16.4. The molecule has 9 rings (SSSR count). The molecule has 0 unspecified atom stereocenters. The second kappa shape index (κ2) is 10.8. The molecular formula is C44H37N3. The van der Waals surface area contributed by atoms with E-state index in [1.54, 1.807) is 0 Å². The number of allylic oxidation sites excluding steroid dienone is 8. The van der Waals surface area contributed by atoms with E-state index in [9.17, 15) is 0 Å². The fraction of sp³-hybridized carbons (Fsp3) is 0.159. The number of pyridine rings is 1. The highest BCUT2D eigenvalue weighted by molar-refractivity contribution is 6.11. The van der Waals surface area contributed by atoms with E-state index in [2.05, 4.69) is 151 Å². The van der Waals surface area contributed by atoms with Gasteiger partial charge in [0.2, 0.25) is 0 Å². The molecule has 0 saturated heterocycles. The SMILES string of the molecule is CC1(C)C2=C(CCC=C2)c2ccc(N(c3ccc(-c4ccc5c(c4)c4ccccc4n5C4=CCCC=C4)cc3)c3ccccn3)cc21. The molecule has 0 atom stereocenters. The molecular weight excluding hydrogens is 571 g/mol. The maximum Gasteiger partial charge on any atom is 0.137 e. The Labute approximate surface area is 276 Å². The predicted octanol–water partition coefficient (Wildman–Crippen LogP) is 11.9. The minimum Gasteiger partial charge on any atom is -0.310 e. The minimum atomic E-state index is -0.0250. The summed E-state index contributed by atoms with van der Waals surface area (Å²) in [6.07, 6.45) is 17.9. The van der Waals surface area contributed by atoms with Crippen molar-refractivity contribution in [3.8, 4) is 11.1 Å². The molecule has 0 aliphatic heterocycles. The van der Waals surface area contributed by atoms with Gasteiger partial charge in [-0.15, -0.1) is 0 Å². The van der Waals surface area contributed by atoms with Gasteiger partial charge in [-0.3, -0.25) is 4.90 Å². The van der Waals surface area contributed by atoms with Gasteiger partial charge in [0.15, 0.2) is 0 Å². The van der Waals surface area contributed by atoms with E-state index in [-0.39, 0.29) is 5.41 Å². The smallest absolute Gasteiger partial charge is 0.137 e.